The number of imidazole rings is 1. The van der Waals surface area contributed by atoms with Gasteiger partial charge in [-0.3, -0.25) is 0 Å². The van der Waals surface area contributed by atoms with E-state index in [0.717, 1.165) is 39.0 Å². The van der Waals surface area contributed by atoms with Crippen molar-refractivity contribution < 1.29 is 14.9 Å². The van der Waals surface area contributed by atoms with E-state index in [-0.39, 0.29) is 13.2 Å². The van der Waals surface area contributed by atoms with Gasteiger partial charge in [-0.2, -0.15) is 0 Å². The topological polar surface area (TPSA) is 67.5 Å². The summed E-state index contributed by atoms with van der Waals surface area (Å²) < 4.78 is 7.21. The predicted octanol–water partition coefficient (Wildman–Crippen LogP) is 3.73. The van der Waals surface area contributed by atoms with Gasteiger partial charge in [-0.1, -0.05) is 48.5 Å². The number of benzene rings is 3. The fourth-order valence-corrected chi connectivity index (χ4v) is 3.41. The van der Waals surface area contributed by atoms with Gasteiger partial charge in [0.2, 0.25) is 0 Å². The van der Waals surface area contributed by atoms with Crippen LogP contribution in [-0.4, -0.2) is 39.6 Å². The fraction of sp³-hybridized carbons (Fsp3) is 0.174. The van der Waals surface area contributed by atoms with Crippen molar-refractivity contribution in [1.82, 2.24) is 9.55 Å². The van der Waals surface area contributed by atoms with Gasteiger partial charge in [0.15, 0.2) is 0 Å². The Morgan fingerprint density at radius 1 is 0.964 bits per heavy atom. The number of rotatable bonds is 6. The van der Waals surface area contributed by atoms with Crippen molar-refractivity contribution in [2.75, 3.05) is 13.7 Å². The van der Waals surface area contributed by atoms with Gasteiger partial charge >= 0.3 is 0 Å². The first-order chi connectivity index (χ1) is 13.7. The normalized spacial score (nSPS) is 12.2. The maximum Gasteiger partial charge on any atom is 0.119 e. The summed E-state index contributed by atoms with van der Waals surface area (Å²) in [6.45, 7) is -0.0257. The Bertz CT molecular complexity index is 1090. The first-order valence-corrected chi connectivity index (χ1v) is 9.17. The number of ether oxygens (including phenoxy) is 1. The Morgan fingerprint density at radius 2 is 1.71 bits per heavy atom. The highest BCUT2D eigenvalue weighted by atomic mass is 16.5. The smallest absolute Gasteiger partial charge is 0.119 e. The number of nitrogens with zero attached hydrogens (tertiary/aromatic N) is 2. The lowest BCUT2D eigenvalue weighted by atomic mass is 10.0. The van der Waals surface area contributed by atoms with Gasteiger partial charge in [0, 0.05) is 11.1 Å². The van der Waals surface area contributed by atoms with Crippen LogP contribution in [0.25, 0.3) is 33.3 Å². The molecule has 0 spiro atoms. The van der Waals surface area contributed by atoms with E-state index in [9.17, 15) is 10.2 Å². The van der Waals surface area contributed by atoms with Crippen molar-refractivity contribution in [3.05, 3.63) is 73.1 Å². The van der Waals surface area contributed by atoms with Crippen LogP contribution in [0, 0.1) is 0 Å². The van der Waals surface area contributed by atoms with Crippen LogP contribution in [0.3, 0.4) is 0 Å². The summed E-state index contributed by atoms with van der Waals surface area (Å²) in [5.74, 6) is 0.821. The number of hydrogen-bond acceptors (Lipinski definition) is 4. The maximum absolute atomic E-state index is 9.98. The molecule has 4 rings (SSSR count). The molecule has 1 aromatic heterocycles. The first kappa shape index (κ1) is 18.2. The zero-order chi connectivity index (χ0) is 19.5. The third-order valence-electron chi connectivity index (χ3n) is 4.82. The minimum absolute atomic E-state index is 0.270. The van der Waals surface area contributed by atoms with Gasteiger partial charge in [-0.25, -0.2) is 4.98 Å². The first-order valence-electron chi connectivity index (χ1n) is 9.17. The zero-order valence-corrected chi connectivity index (χ0v) is 15.6. The quantitative estimate of drug-likeness (QED) is 0.540. The second-order valence-corrected chi connectivity index (χ2v) is 6.72. The second-order valence-electron chi connectivity index (χ2n) is 6.72. The minimum atomic E-state index is -0.846. The average molecular weight is 374 g/mol. The summed E-state index contributed by atoms with van der Waals surface area (Å²) in [5, 5.41) is 21.4. The van der Waals surface area contributed by atoms with Crippen LogP contribution < -0.4 is 4.74 Å². The number of aliphatic hydroxyl groups excluding tert-OH is 2. The Labute approximate surface area is 163 Å². The summed E-state index contributed by atoms with van der Waals surface area (Å²) >= 11 is 0. The Kier molecular flexibility index (Phi) is 5.10. The van der Waals surface area contributed by atoms with Crippen molar-refractivity contribution in [2.45, 2.75) is 12.6 Å². The molecule has 1 atom stereocenters. The molecule has 0 fully saturated rings. The van der Waals surface area contributed by atoms with Gasteiger partial charge in [0.05, 0.1) is 44.1 Å². The van der Waals surface area contributed by atoms with Crippen LogP contribution >= 0.6 is 0 Å². The summed E-state index contributed by atoms with van der Waals surface area (Å²) in [7, 11) is 1.66. The molecule has 0 aliphatic carbocycles. The van der Waals surface area contributed by atoms with E-state index in [2.05, 4.69) is 17.1 Å². The Balaban J connectivity index is 1.86. The highest BCUT2D eigenvalue weighted by Crippen LogP contribution is 2.33. The molecule has 2 N–H and O–H groups in total. The van der Waals surface area contributed by atoms with E-state index in [1.165, 1.54) is 0 Å². The van der Waals surface area contributed by atoms with Crippen molar-refractivity contribution >= 4 is 10.8 Å². The van der Waals surface area contributed by atoms with Gasteiger partial charge < -0.3 is 19.5 Å². The summed E-state index contributed by atoms with van der Waals surface area (Å²) in [5.41, 5.74) is 3.76. The van der Waals surface area contributed by atoms with E-state index in [1.54, 1.807) is 13.4 Å². The van der Waals surface area contributed by atoms with Crippen LogP contribution in [0.4, 0.5) is 0 Å². The molecule has 0 aliphatic heterocycles. The average Bonchev–Trinajstić information content (AvgIpc) is 3.16. The highest BCUT2D eigenvalue weighted by molar-refractivity contribution is 5.90. The zero-order valence-electron chi connectivity index (χ0n) is 15.6. The van der Waals surface area contributed by atoms with E-state index >= 15 is 0 Å². The van der Waals surface area contributed by atoms with Crippen LogP contribution in [0.1, 0.15) is 0 Å². The molecule has 0 amide bonds. The van der Waals surface area contributed by atoms with Crippen molar-refractivity contribution in [1.29, 1.82) is 0 Å². The summed E-state index contributed by atoms with van der Waals surface area (Å²) in [6.07, 6.45) is 0.871. The number of aliphatic hydroxyl groups is 2. The molecular formula is C23H22N2O3. The Morgan fingerprint density at radius 3 is 2.46 bits per heavy atom. The van der Waals surface area contributed by atoms with E-state index in [0.29, 0.717) is 0 Å². The van der Waals surface area contributed by atoms with Crippen LogP contribution in [0.2, 0.25) is 0 Å². The van der Waals surface area contributed by atoms with Gasteiger partial charge in [0.25, 0.3) is 0 Å². The molecule has 1 heterocycles. The summed E-state index contributed by atoms with van der Waals surface area (Å²) in [4.78, 5) is 4.61. The van der Waals surface area contributed by atoms with Gasteiger partial charge in [-0.05, 0) is 29.0 Å². The standard InChI is InChI=1S/C23H22N2O3/c1-28-21-10-9-17-11-19(8-7-18(17)12-21)23-22(16-5-3-2-4-6-16)24-15-25(23)13-20(27)14-26/h2-12,15,20,26-27H,13-14H2,1H3. The maximum atomic E-state index is 9.98. The third-order valence-corrected chi connectivity index (χ3v) is 4.82. The monoisotopic (exact) mass is 374 g/mol. The number of hydrogen-bond donors (Lipinski definition) is 2. The van der Waals surface area contributed by atoms with E-state index in [4.69, 9.17) is 4.74 Å². The number of aromatic nitrogens is 2. The van der Waals surface area contributed by atoms with Crippen LogP contribution in [0.5, 0.6) is 5.75 Å². The lowest BCUT2D eigenvalue weighted by Crippen LogP contribution is -2.19. The highest BCUT2D eigenvalue weighted by Gasteiger charge is 2.17. The molecule has 4 aromatic rings. The van der Waals surface area contributed by atoms with E-state index in [1.807, 2.05) is 59.2 Å². The molecule has 3 aromatic carbocycles. The molecular weight excluding hydrogens is 352 g/mol. The van der Waals surface area contributed by atoms with Crippen LogP contribution in [0.15, 0.2) is 73.1 Å². The Hall–Kier alpha value is -3.15. The lowest BCUT2D eigenvalue weighted by Gasteiger charge is -2.14. The molecule has 0 radical (unpaired) electrons. The molecule has 142 valence electrons. The molecule has 1 unspecified atom stereocenters. The second kappa shape index (κ2) is 7.84. The van der Waals surface area contributed by atoms with Crippen molar-refractivity contribution in [2.24, 2.45) is 0 Å². The molecule has 0 saturated carbocycles. The van der Waals surface area contributed by atoms with Gasteiger partial charge in [-0.15, -0.1) is 0 Å². The van der Waals surface area contributed by atoms with Crippen molar-refractivity contribution in [3.63, 3.8) is 0 Å². The minimum Gasteiger partial charge on any atom is -0.497 e. The number of fused-ring (bicyclic) bond motifs is 1. The molecule has 5 heteroatoms. The third kappa shape index (κ3) is 3.50. The molecule has 0 aliphatic rings. The fourth-order valence-electron chi connectivity index (χ4n) is 3.41. The molecule has 28 heavy (non-hydrogen) atoms. The number of methoxy groups -OCH3 is 1. The van der Waals surface area contributed by atoms with Crippen molar-refractivity contribution in [3.8, 4) is 28.3 Å². The van der Waals surface area contributed by atoms with E-state index < -0.39 is 6.10 Å². The summed E-state index contributed by atoms with van der Waals surface area (Å²) in [6, 6.07) is 22.2. The lowest BCUT2D eigenvalue weighted by molar-refractivity contribution is 0.0815. The van der Waals surface area contributed by atoms with Gasteiger partial charge in [0.1, 0.15) is 5.75 Å². The SMILES string of the molecule is COc1ccc2cc(-c3c(-c4ccccc4)ncn3CC(O)CO)ccc2c1. The van der Waals surface area contributed by atoms with Crippen LogP contribution in [-0.2, 0) is 6.54 Å². The molecule has 0 bridgehead atoms. The predicted molar refractivity (Wildman–Crippen MR) is 110 cm³/mol. The molecule has 0 saturated heterocycles. The largest absolute Gasteiger partial charge is 0.497 e. The molecule has 5 nitrogen and oxygen atoms in total.